The number of hydrogen-bond acceptors (Lipinski definition) is 4. The maximum Gasteiger partial charge on any atom is 0.410 e. The predicted octanol–water partition coefficient (Wildman–Crippen LogP) is 4.28. The molecule has 3 heterocycles. The van der Waals surface area contributed by atoms with Crippen LogP contribution >= 0.6 is 0 Å². The Balaban J connectivity index is 1.57. The van der Waals surface area contributed by atoms with Crippen molar-refractivity contribution >= 4 is 33.7 Å². The SMILES string of the molecule is CC(C)(C)OC(=O)N1CCC(Nc2nc3cc(F)ccc3c3[nH]ccc23)C1. The van der Waals surface area contributed by atoms with Crippen LogP contribution in [0.4, 0.5) is 15.0 Å². The summed E-state index contributed by atoms with van der Waals surface area (Å²) in [7, 11) is 0. The van der Waals surface area contributed by atoms with Crippen LogP contribution in [-0.2, 0) is 4.74 Å². The third-order valence-corrected chi connectivity index (χ3v) is 4.64. The summed E-state index contributed by atoms with van der Waals surface area (Å²) in [6, 6.07) is 6.62. The van der Waals surface area contributed by atoms with Gasteiger partial charge in [0.15, 0.2) is 0 Å². The summed E-state index contributed by atoms with van der Waals surface area (Å²) < 4.78 is 19.1. The van der Waals surface area contributed by atoms with E-state index in [0.717, 1.165) is 22.7 Å². The largest absolute Gasteiger partial charge is 0.444 e. The van der Waals surface area contributed by atoms with Gasteiger partial charge in [0.1, 0.15) is 17.2 Å². The van der Waals surface area contributed by atoms with Crippen LogP contribution < -0.4 is 5.32 Å². The highest BCUT2D eigenvalue weighted by Crippen LogP contribution is 2.30. The molecule has 1 aliphatic rings. The first-order valence-electron chi connectivity index (χ1n) is 9.11. The number of nitrogens with zero attached hydrogens (tertiary/aromatic N) is 2. The summed E-state index contributed by atoms with van der Waals surface area (Å²) >= 11 is 0. The molecule has 1 aromatic carbocycles. The molecular formula is C20H23FN4O2. The van der Waals surface area contributed by atoms with Gasteiger partial charge in [0.25, 0.3) is 0 Å². The Hall–Kier alpha value is -2.83. The van der Waals surface area contributed by atoms with E-state index in [2.05, 4.69) is 15.3 Å². The van der Waals surface area contributed by atoms with E-state index < -0.39 is 5.60 Å². The number of halogens is 1. The second-order valence-electron chi connectivity index (χ2n) is 7.94. The Bertz CT molecular complexity index is 1010. The molecule has 0 spiro atoms. The van der Waals surface area contributed by atoms with Crippen LogP contribution in [-0.4, -0.2) is 45.7 Å². The number of likely N-dealkylation sites (tertiary alicyclic amines) is 1. The monoisotopic (exact) mass is 370 g/mol. The molecule has 7 heteroatoms. The van der Waals surface area contributed by atoms with Crippen LogP contribution in [0.1, 0.15) is 27.2 Å². The summed E-state index contributed by atoms with van der Waals surface area (Å²) in [6.07, 6.45) is 2.35. The first kappa shape index (κ1) is 17.6. The van der Waals surface area contributed by atoms with E-state index in [1.54, 1.807) is 11.0 Å². The highest BCUT2D eigenvalue weighted by Gasteiger charge is 2.30. The molecule has 1 aliphatic heterocycles. The fourth-order valence-corrected chi connectivity index (χ4v) is 3.45. The zero-order valence-electron chi connectivity index (χ0n) is 15.7. The average Bonchev–Trinajstić information content (AvgIpc) is 3.22. The van der Waals surface area contributed by atoms with Gasteiger partial charge in [0.2, 0.25) is 0 Å². The Morgan fingerprint density at radius 1 is 1.33 bits per heavy atom. The van der Waals surface area contributed by atoms with Crippen LogP contribution in [0, 0.1) is 5.82 Å². The molecule has 0 bridgehead atoms. The number of H-pyrrole nitrogens is 1. The topological polar surface area (TPSA) is 70.2 Å². The summed E-state index contributed by atoms with van der Waals surface area (Å²) in [5, 5.41) is 5.25. The van der Waals surface area contributed by atoms with E-state index in [9.17, 15) is 9.18 Å². The Morgan fingerprint density at radius 2 is 2.15 bits per heavy atom. The van der Waals surface area contributed by atoms with E-state index in [0.29, 0.717) is 24.4 Å². The van der Waals surface area contributed by atoms with Crippen molar-refractivity contribution in [3.05, 3.63) is 36.3 Å². The number of aromatic amines is 1. The number of ether oxygens (including phenoxy) is 1. The van der Waals surface area contributed by atoms with Gasteiger partial charge in [-0.05, 0) is 45.4 Å². The first-order valence-corrected chi connectivity index (χ1v) is 9.11. The highest BCUT2D eigenvalue weighted by atomic mass is 19.1. The molecule has 1 amide bonds. The predicted molar refractivity (Wildman–Crippen MR) is 103 cm³/mol. The molecule has 1 atom stereocenters. The number of nitrogens with one attached hydrogen (secondary N) is 2. The molecular weight excluding hydrogens is 347 g/mol. The molecule has 0 aliphatic carbocycles. The van der Waals surface area contributed by atoms with Crippen LogP contribution in [0.3, 0.4) is 0 Å². The van der Waals surface area contributed by atoms with Crippen molar-refractivity contribution in [1.29, 1.82) is 0 Å². The van der Waals surface area contributed by atoms with Gasteiger partial charge in [0, 0.05) is 42.2 Å². The number of aromatic nitrogens is 2. The van der Waals surface area contributed by atoms with E-state index in [-0.39, 0.29) is 18.0 Å². The van der Waals surface area contributed by atoms with E-state index in [4.69, 9.17) is 4.74 Å². The fourth-order valence-electron chi connectivity index (χ4n) is 3.45. The minimum absolute atomic E-state index is 0.0640. The fraction of sp³-hybridized carbons (Fsp3) is 0.400. The number of hydrogen-bond donors (Lipinski definition) is 2. The number of fused-ring (bicyclic) bond motifs is 3. The number of benzene rings is 1. The molecule has 2 N–H and O–H groups in total. The Kier molecular flexibility index (Phi) is 4.17. The molecule has 1 fully saturated rings. The van der Waals surface area contributed by atoms with E-state index in [1.807, 2.05) is 33.0 Å². The zero-order chi connectivity index (χ0) is 19.2. The Morgan fingerprint density at radius 3 is 2.93 bits per heavy atom. The smallest absolute Gasteiger partial charge is 0.410 e. The lowest BCUT2D eigenvalue weighted by atomic mass is 10.1. The van der Waals surface area contributed by atoms with Gasteiger partial charge in [-0.3, -0.25) is 0 Å². The van der Waals surface area contributed by atoms with Gasteiger partial charge in [0.05, 0.1) is 11.0 Å². The molecule has 2 aromatic heterocycles. The molecule has 6 nitrogen and oxygen atoms in total. The number of carbonyl (C=O) groups is 1. The number of amides is 1. The van der Waals surface area contributed by atoms with Crippen molar-refractivity contribution < 1.29 is 13.9 Å². The molecule has 0 radical (unpaired) electrons. The van der Waals surface area contributed by atoms with Crippen molar-refractivity contribution in [3.8, 4) is 0 Å². The Labute approximate surface area is 156 Å². The number of rotatable bonds is 2. The second-order valence-corrected chi connectivity index (χ2v) is 7.94. The quantitative estimate of drug-likeness (QED) is 0.706. The lowest BCUT2D eigenvalue weighted by molar-refractivity contribution is 0.0293. The van der Waals surface area contributed by atoms with Crippen LogP contribution in [0.5, 0.6) is 0 Å². The first-order chi connectivity index (χ1) is 12.8. The van der Waals surface area contributed by atoms with Crippen molar-refractivity contribution in [3.63, 3.8) is 0 Å². The van der Waals surface area contributed by atoms with Crippen molar-refractivity contribution in [2.45, 2.75) is 38.8 Å². The zero-order valence-corrected chi connectivity index (χ0v) is 15.7. The molecule has 0 saturated carbocycles. The maximum absolute atomic E-state index is 13.6. The van der Waals surface area contributed by atoms with Gasteiger partial charge < -0.3 is 19.9 Å². The number of anilines is 1. The van der Waals surface area contributed by atoms with Gasteiger partial charge >= 0.3 is 6.09 Å². The summed E-state index contributed by atoms with van der Waals surface area (Å²) in [5.41, 5.74) is 1.00. The minimum Gasteiger partial charge on any atom is -0.444 e. The lowest BCUT2D eigenvalue weighted by Crippen LogP contribution is -2.36. The normalized spacial score (nSPS) is 17.6. The highest BCUT2D eigenvalue weighted by molar-refractivity contribution is 6.08. The third-order valence-electron chi connectivity index (χ3n) is 4.64. The van der Waals surface area contributed by atoms with Crippen molar-refractivity contribution in [2.75, 3.05) is 18.4 Å². The van der Waals surface area contributed by atoms with E-state index >= 15 is 0 Å². The van der Waals surface area contributed by atoms with Gasteiger partial charge in [-0.15, -0.1) is 0 Å². The van der Waals surface area contributed by atoms with Crippen LogP contribution in [0.25, 0.3) is 21.8 Å². The number of pyridine rings is 1. The van der Waals surface area contributed by atoms with Crippen LogP contribution in [0.2, 0.25) is 0 Å². The molecule has 1 unspecified atom stereocenters. The molecule has 142 valence electrons. The van der Waals surface area contributed by atoms with Crippen LogP contribution in [0.15, 0.2) is 30.5 Å². The summed E-state index contributed by atoms with van der Waals surface area (Å²) in [5.74, 6) is 0.379. The maximum atomic E-state index is 13.6. The third kappa shape index (κ3) is 3.54. The molecule has 3 aromatic rings. The molecule has 1 saturated heterocycles. The van der Waals surface area contributed by atoms with Gasteiger partial charge in [-0.25, -0.2) is 14.2 Å². The lowest BCUT2D eigenvalue weighted by Gasteiger charge is -2.24. The average molecular weight is 370 g/mol. The second kappa shape index (κ2) is 6.40. The summed E-state index contributed by atoms with van der Waals surface area (Å²) in [6.45, 7) is 6.75. The molecule has 4 rings (SSSR count). The minimum atomic E-state index is -0.510. The molecule has 27 heavy (non-hydrogen) atoms. The number of carbonyl (C=O) groups excluding carboxylic acids is 1. The standard InChI is InChI=1S/C20H23FN4O2/c1-20(2,3)27-19(26)25-9-7-13(11-25)23-18-15-6-8-22-17(15)14-5-4-12(21)10-16(14)24-18/h4-6,8,10,13,22H,7,9,11H2,1-3H3,(H,23,24). The van der Waals surface area contributed by atoms with Gasteiger partial charge in [-0.1, -0.05) is 0 Å². The summed E-state index contributed by atoms with van der Waals surface area (Å²) in [4.78, 5) is 21.8. The van der Waals surface area contributed by atoms with Crippen molar-refractivity contribution in [2.24, 2.45) is 0 Å². The van der Waals surface area contributed by atoms with Crippen molar-refractivity contribution in [1.82, 2.24) is 14.9 Å². The van der Waals surface area contributed by atoms with Gasteiger partial charge in [-0.2, -0.15) is 0 Å². The van der Waals surface area contributed by atoms with E-state index in [1.165, 1.54) is 12.1 Å².